The maximum absolute atomic E-state index is 12.4. The number of carbonyl (C=O) groups excluding carboxylic acids is 1. The molecule has 2 aromatic rings. The molecule has 3 rings (SSSR count). The maximum Gasteiger partial charge on any atom is 0.251 e. The van der Waals surface area contributed by atoms with Crippen LogP contribution >= 0.6 is 15.9 Å². The summed E-state index contributed by atoms with van der Waals surface area (Å²) in [4.78, 5) is 12.4. The van der Waals surface area contributed by atoms with E-state index in [1.807, 2.05) is 32.0 Å². The Bertz CT molecular complexity index is 675. The second-order valence-corrected chi connectivity index (χ2v) is 6.36. The normalized spacial score (nSPS) is 14.8. The van der Waals surface area contributed by atoms with Crippen LogP contribution in [0.1, 0.15) is 47.0 Å². The van der Waals surface area contributed by atoms with Gasteiger partial charge in [0.05, 0.1) is 6.04 Å². The lowest BCUT2D eigenvalue weighted by molar-refractivity contribution is 0.0937. The monoisotopic (exact) mass is 348 g/mol. The van der Waals surface area contributed by atoms with Crippen LogP contribution in [0.3, 0.4) is 0 Å². The van der Waals surface area contributed by atoms with E-state index in [0.29, 0.717) is 5.56 Å². The fourth-order valence-electron chi connectivity index (χ4n) is 2.71. The Morgan fingerprint density at radius 1 is 1.38 bits per heavy atom. The summed E-state index contributed by atoms with van der Waals surface area (Å²) < 4.78 is 3.01. The lowest BCUT2D eigenvalue weighted by atomic mass is 10.1. The van der Waals surface area contributed by atoms with E-state index in [2.05, 4.69) is 36.0 Å². The van der Waals surface area contributed by atoms with Gasteiger partial charge in [-0.1, -0.05) is 15.9 Å². The molecule has 0 saturated carbocycles. The first-order chi connectivity index (χ1) is 10.0. The number of aryl methyl sites for hydroxylation is 2. The van der Waals surface area contributed by atoms with Gasteiger partial charge in [-0.15, -0.1) is 10.2 Å². The van der Waals surface area contributed by atoms with E-state index in [-0.39, 0.29) is 11.9 Å². The van der Waals surface area contributed by atoms with Gasteiger partial charge in [0, 0.05) is 23.0 Å². The summed E-state index contributed by atoms with van der Waals surface area (Å²) in [5, 5.41) is 11.4. The Morgan fingerprint density at radius 2 is 2.19 bits per heavy atom. The van der Waals surface area contributed by atoms with Crippen LogP contribution in [0.4, 0.5) is 0 Å². The van der Waals surface area contributed by atoms with Crippen LogP contribution in [0.15, 0.2) is 22.7 Å². The molecule has 0 saturated heterocycles. The first-order valence-corrected chi connectivity index (χ1v) is 7.84. The molecule has 1 amide bonds. The largest absolute Gasteiger partial charge is 0.342 e. The number of benzene rings is 1. The second-order valence-electron chi connectivity index (χ2n) is 5.44. The van der Waals surface area contributed by atoms with Gasteiger partial charge in [0.15, 0.2) is 5.82 Å². The fraction of sp³-hybridized carbons (Fsp3) is 0.400. The molecule has 1 N–H and O–H groups in total. The van der Waals surface area contributed by atoms with E-state index < -0.39 is 0 Å². The topological polar surface area (TPSA) is 59.8 Å². The highest BCUT2D eigenvalue weighted by Gasteiger charge is 2.22. The third-order valence-corrected chi connectivity index (χ3v) is 4.14. The minimum atomic E-state index is -0.156. The Kier molecular flexibility index (Phi) is 3.80. The molecule has 1 aliphatic rings. The first kappa shape index (κ1) is 14.3. The summed E-state index contributed by atoms with van der Waals surface area (Å²) in [6.45, 7) is 4.85. The van der Waals surface area contributed by atoms with Gasteiger partial charge < -0.3 is 9.88 Å². The van der Waals surface area contributed by atoms with Crippen molar-refractivity contribution in [1.82, 2.24) is 20.1 Å². The third-order valence-electron chi connectivity index (χ3n) is 3.68. The highest BCUT2D eigenvalue weighted by Crippen LogP contribution is 2.20. The average molecular weight is 349 g/mol. The predicted octanol–water partition coefficient (Wildman–Crippen LogP) is 2.79. The molecule has 0 fully saturated rings. The standard InChI is InChI=1S/C15H17BrN4O/c1-9-6-11(8-12(16)7-9)15(21)17-10(2)14-19-18-13-4-3-5-20(13)14/h6-8,10H,3-5H2,1-2H3,(H,17,21). The number of hydrogen-bond donors (Lipinski definition) is 1. The number of aromatic nitrogens is 3. The van der Waals surface area contributed by atoms with E-state index >= 15 is 0 Å². The van der Waals surface area contributed by atoms with Gasteiger partial charge in [-0.05, 0) is 44.0 Å². The number of carbonyl (C=O) groups is 1. The summed E-state index contributed by atoms with van der Waals surface area (Å²) in [6, 6.07) is 5.52. The molecule has 21 heavy (non-hydrogen) atoms. The van der Waals surface area contributed by atoms with E-state index in [9.17, 15) is 4.79 Å². The van der Waals surface area contributed by atoms with E-state index in [1.54, 1.807) is 0 Å². The third kappa shape index (κ3) is 2.85. The van der Waals surface area contributed by atoms with Gasteiger partial charge in [-0.3, -0.25) is 4.79 Å². The number of nitrogens with one attached hydrogen (secondary N) is 1. The molecular formula is C15H17BrN4O. The minimum absolute atomic E-state index is 0.0951. The lowest BCUT2D eigenvalue weighted by Crippen LogP contribution is -2.28. The lowest BCUT2D eigenvalue weighted by Gasteiger charge is -2.14. The molecular weight excluding hydrogens is 332 g/mol. The average Bonchev–Trinajstić information content (AvgIpc) is 2.99. The van der Waals surface area contributed by atoms with Crippen molar-refractivity contribution in [1.29, 1.82) is 0 Å². The number of nitrogens with zero attached hydrogens (tertiary/aromatic N) is 3. The minimum Gasteiger partial charge on any atom is -0.342 e. The molecule has 1 atom stereocenters. The molecule has 1 unspecified atom stereocenters. The number of amides is 1. The van der Waals surface area contributed by atoms with E-state index in [0.717, 1.165) is 41.1 Å². The van der Waals surface area contributed by atoms with Crippen LogP contribution in [-0.4, -0.2) is 20.7 Å². The molecule has 0 spiro atoms. The van der Waals surface area contributed by atoms with Crippen LogP contribution in [0.25, 0.3) is 0 Å². The number of fused-ring (bicyclic) bond motifs is 1. The molecule has 1 aliphatic heterocycles. The Morgan fingerprint density at radius 3 is 2.95 bits per heavy atom. The van der Waals surface area contributed by atoms with Crippen LogP contribution in [0.5, 0.6) is 0 Å². The summed E-state index contributed by atoms with van der Waals surface area (Å²) in [5.41, 5.74) is 1.69. The molecule has 5 nitrogen and oxygen atoms in total. The van der Waals surface area contributed by atoms with Crippen LogP contribution in [0, 0.1) is 6.92 Å². The van der Waals surface area contributed by atoms with Crippen molar-refractivity contribution in [2.75, 3.05) is 0 Å². The molecule has 0 radical (unpaired) electrons. The van der Waals surface area contributed by atoms with Crippen molar-refractivity contribution in [3.05, 3.63) is 45.4 Å². The highest BCUT2D eigenvalue weighted by molar-refractivity contribution is 9.10. The molecule has 1 aromatic heterocycles. The van der Waals surface area contributed by atoms with Gasteiger partial charge in [0.2, 0.25) is 0 Å². The van der Waals surface area contributed by atoms with Crippen molar-refractivity contribution >= 4 is 21.8 Å². The first-order valence-electron chi connectivity index (χ1n) is 7.04. The van der Waals surface area contributed by atoms with E-state index in [1.165, 1.54) is 0 Å². The Balaban J connectivity index is 1.77. The fourth-order valence-corrected chi connectivity index (χ4v) is 3.31. The summed E-state index contributed by atoms with van der Waals surface area (Å²) in [5.74, 6) is 1.76. The highest BCUT2D eigenvalue weighted by atomic mass is 79.9. The van der Waals surface area contributed by atoms with Crippen molar-refractivity contribution in [2.24, 2.45) is 0 Å². The molecule has 110 valence electrons. The summed E-state index contributed by atoms with van der Waals surface area (Å²) in [6.07, 6.45) is 2.07. The Labute approximate surface area is 131 Å². The zero-order valence-corrected chi connectivity index (χ0v) is 13.6. The van der Waals surface area contributed by atoms with Crippen molar-refractivity contribution in [3.8, 4) is 0 Å². The van der Waals surface area contributed by atoms with E-state index in [4.69, 9.17) is 0 Å². The Hall–Kier alpha value is -1.69. The van der Waals surface area contributed by atoms with Gasteiger partial charge in [0.1, 0.15) is 5.82 Å². The summed E-state index contributed by atoms with van der Waals surface area (Å²) >= 11 is 3.42. The molecule has 0 aliphatic carbocycles. The SMILES string of the molecule is Cc1cc(Br)cc(C(=O)NC(C)c2nnc3n2CCC3)c1. The van der Waals surface area contributed by atoms with Gasteiger partial charge >= 0.3 is 0 Å². The number of rotatable bonds is 3. The van der Waals surface area contributed by atoms with Gasteiger partial charge in [-0.2, -0.15) is 0 Å². The summed E-state index contributed by atoms with van der Waals surface area (Å²) in [7, 11) is 0. The zero-order valence-electron chi connectivity index (χ0n) is 12.1. The van der Waals surface area contributed by atoms with Crippen molar-refractivity contribution < 1.29 is 4.79 Å². The maximum atomic E-state index is 12.4. The smallest absolute Gasteiger partial charge is 0.251 e. The van der Waals surface area contributed by atoms with Gasteiger partial charge in [0.25, 0.3) is 5.91 Å². The van der Waals surface area contributed by atoms with Gasteiger partial charge in [-0.25, -0.2) is 0 Å². The zero-order chi connectivity index (χ0) is 15.0. The molecule has 2 heterocycles. The van der Waals surface area contributed by atoms with Crippen LogP contribution in [0.2, 0.25) is 0 Å². The quantitative estimate of drug-likeness (QED) is 0.927. The molecule has 6 heteroatoms. The molecule has 0 bridgehead atoms. The van der Waals surface area contributed by atoms with Crippen molar-refractivity contribution in [2.45, 2.75) is 39.3 Å². The van der Waals surface area contributed by atoms with Crippen LogP contribution < -0.4 is 5.32 Å². The van der Waals surface area contributed by atoms with Crippen LogP contribution in [-0.2, 0) is 13.0 Å². The molecule has 1 aromatic carbocycles. The second kappa shape index (κ2) is 5.60. The van der Waals surface area contributed by atoms with Crippen molar-refractivity contribution in [3.63, 3.8) is 0 Å². The number of halogens is 1. The number of hydrogen-bond acceptors (Lipinski definition) is 3. The predicted molar refractivity (Wildman–Crippen MR) is 83.1 cm³/mol.